The van der Waals surface area contributed by atoms with Crippen molar-refractivity contribution in [1.29, 1.82) is 0 Å². The zero-order valence-corrected chi connectivity index (χ0v) is 31.3. The molecule has 53 heavy (non-hydrogen) atoms. The molecule has 0 aliphatic carbocycles. The number of thioether (sulfide) groups is 1. The minimum Gasteiger partial charge on any atom is -0.397 e. The summed E-state index contributed by atoms with van der Waals surface area (Å²) in [6.07, 6.45) is 2.85. The van der Waals surface area contributed by atoms with Crippen LogP contribution in [0.3, 0.4) is 0 Å². The zero-order valence-electron chi connectivity index (χ0n) is 29.7. The van der Waals surface area contributed by atoms with E-state index in [-0.39, 0.29) is 30.6 Å². The van der Waals surface area contributed by atoms with E-state index in [0.29, 0.717) is 50.0 Å². The fourth-order valence-electron chi connectivity index (χ4n) is 6.15. The summed E-state index contributed by atoms with van der Waals surface area (Å²) in [5, 5.41) is 24.8. The number of carbonyl (C=O) groups excluding carboxylic acids is 2. The van der Waals surface area contributed by atoms with Crippen LogP contribution < -0.4 is 16.4 Å². The van der Waals surface area contributed by atoms with E-state index in [9.17, 15) is 14.7 Å². The van der Waals surface area contributed by atoms with Gasteiger partial charge in [0, 0.05) is 37.1 Å². The van der Waals surface area contributed by atoms with Gasteiger partial charge in [-0.25, -0.2) is 0 Å². The Labute approximate surface area is 318 Å². The van der Waals surface area contributed by atoms with Crippen molar-refractivity contribution in [2.24, 2.45) is 0 Å². The molecule has 5 N–H and O–H groups in total. The van der Waals surface area contributed by atoms with E-state index in [1.54, 1.807) is 35.2 Å². The van der Waals surface area contributed by atoms with E-state index in [1.165, 1.54) is 0 Å². The normalized spacial score (nSPS) is 17.0. The number of nitrogens with one attached hydrogen (secondary N) is 2. The molecule has 1 saturated heterocycles. The number of unbranched alkanes of at least 4 members (excludes halogenated alkanes) is 2. The molecular weight excluding hydrogens is 707 g/mol. The Morgan fingerprint density at radius 1 is 0.868 bits per heavy atom. The summed E-state index contributed by atoms with van der Waals surface area (Å²) in [6.45, 7) is 2.36. The standard InChI is InChI=1S/C41H45N5O5S2/c1-27-45-46-41(53-27)52-26-33-23-37(30-17-15-28(25-47)16-18-30)51-40(50-33)31-21-19-29(20-22-31)34-10-6-5-9-32(34)24-43-38(48)13-3-2-4-14-39(49)44-36-12-8-7-11-35(36)42/h5-12,15-22,33,37,40,47H,2-4,13-14,23-26,42H2,1H3,(H,43,48)(H,44,49)/t33-,37+,40+/m1/s1. The van der Waals surface area contributed by atoms with Crippen LogP contribution in [0.2, 0.25) is 0 Å². The number of nitrogen functional groups attached to an aromatic ring is 1. The van der Waals surface area contributed by atoms with Crippen LogP contribution in [-0.2, 0) is 32.2 Å². The third kappa shape index (κ3) is 11.0. The summed E-state index contributed by atoms with van der Waals surface area (Å²) >= 11 is 3.23. The average Bonchev–Trinajstić information content (AvgIpc) is 3.61. The van der Waals surface area contributed by atoms with Gasteiger partial charge < -0.3 is 30.9 Å². The number of aliphatic hydroxyl groups is 1. The van der Waals surface area contributed by atoms with Crippen molar-refractivity contribution in [3.05, 3.63) is 124 Å². The van der Waals surface area contributed by atoms with Crippen molar-refractivity contribution in [3.8, 4) is 11.1 Å². The molecule has 276 valence electrons. The molecule has 4 aromatic carbocycles. The lowest BCUT2D eigenvalue weighted by molar-refractivity contribution is -0.245. The second kappa shape index (κ2) is 18.9. The second-order valence-corrected chi connectivity index (χ2v) is 15.4. The minimum absolute atomic E-state index is 0.00448. The number of benzene rings is 4. The number of rotatable bonds is 16. The lowest BCUT2D eigenvalue weighted by atomic mass is 9.97. The van der Waals surface area contributed by atoms with Gasteiger partial charge in [-0.2, -0.15) is 0 Å². The number of carbonyl (C=O) groups is 2. The van der Waals surface area contributed by atoms with Crippen LogP contribution >= 0.6 is 23.1 Å². The molecule has 1 aliphatic heterocycles. The predicted molar refractivity (Wildman–Crippen MR) is 210 cm³/mol. The predicted octanol–water partition coefficient (Wildman–Crippen LogP) is 8.13. The Bertz CT molecular complexity index is 1950. The average molecular weight is 752 g/mol. The number of aryl methyl sites for hydroxylation is 1. The summed E-state index contributed by atoms with van der Waals surface area (Å²) < 4.78 is 14.0. The smallest absolute Gasteiger partial charge is 0.224 e. The minimum atomic E-state index is -0.561. The third-order valence-electron chi connectivity index (χ3n) is 9.04. The number of nitrogens with zero attached hydrogens (tertiary/aromatic N) is 2. The first-order valence-corrected chi connectivity index (χ1v) is 19.7. The van der Waals surface area contributed by atoms with Gasteiger partial charge in [-0.05, 0) is 59.7 Å². The molecule has 3 atom stereocenters. The van der Waals surface area contributed by atoms with Crippen LogP contribution in [0, 0.1) is 6.92 Å². The number of ether oxygens (including phenoxy) is 2. The van der Waals surface area contributed by atoms with Gasteiger partial charge >= 0.3 is 0 Å². The molecule has 2 amide bonds. The molecule has 1 aromatic heterocycles. The topological polar surface area (TPSA) is 149 Å². The monoisotopic (exact) mass is 751 g/mol. The molecule has 1 aliphatic rings. The lowest BCUT2D eigenvalue weighted by Gasteiger charge is -2.36. The highest BCUT2D eigenvalue weighted by Gasteiger charge is 2.32. The van der Waals surface area contributed by atoms with Crippen molar-refractivity contribution in [1.82, 2.24) is 15.5 Å². The number of nitrogens with two attached hydrogens (primary N) is 1. The quantitative estimate of drug-likeness (QED) is 0.0446. The first-order valence-electron chi connectivity index (χ1n) is 17.9. The Hall–Kier alpha value is -4.59. The molecular formula is C41H45N5O5S2. The van der Waals surface area contributed by atoms with Gasteiger partial charge in [0.25, 0.3) is 0 Å². The van der Waals surface area contributed by atoms with Crippen LogP contribution in [0.15, 0.2) is 101 Å². The SMILES string of the molecule is Cc1nnc(SC[C@H]2C[C@@H](c3ccc(CO)cc3)O[C@@H](c3ccc(-c4ccccc4CNC(=O)CCCCCC(=O)Nc4ccccc4N)cc3)O2)s1. The maximum absolute atomic E-state index is 12.7. The molecule has 0 bridgehead atoms. The van der Waals surface area contributed by atoms with Gasteiger partial charge in [0.05, 0.1) is 30.2 Å². The largest absolute Gasteiger partial charge is 0.397 e. The van der Waals surface area contributed by atoms with Crippen molar-refractivity contribution in [3.63, 3.8) is 0 Å². The molecule has 10 nitrogen and oxygen atoms in total. The lowest BCUT2D eigenvalue weighted by Crippen LogP contribution is -2.31. The van der Waals surface area contributed by atoms with E-state index in [4.69, 9.17) is 15.2 Å². The second-order valence-electron chi connectivity index (χ2n) is 13.0. The molecule has 5 aromatic rings. The highest BCUT2D eigenvalue weighted by Crippen LogP contribution is 2.40. The summed E-state index contributed by atoms with van der Waals surface area (Å²) in [7, 11) is 0. The summed E-state index contributed by atoms with van der Waals surface area (Å²) in [6, 6.07) is 31.4. The number of hydrogen-bond acceptors (Lipinski definition) is 10. The zero-order chi connectivity index (χ0) is 37.0. The molecule has 2 heterocycles. The Morgan fingerprint density at radius 2 is 1.58 bits per heavy atom. The molecule has 0 unspecified atom stereocenters. The third-order valence-corrected chi connectivity index (χ3v) is 11.1. The number of aromatic nitrogens is 2. The van der Waals surface area contributed by atoms with Gasteiger partial charge in [0.15, 0.2) is 10.6 Å². The molecule has 12 heteroatoms. The Morgan fingerprint density at radius 3 is 2.32 bits per heavy atom. The first-order chi connectivity index (χ1) is 25.8. The summed E-state index contributed by atoms with van der Waals surface area (Å²) in [5.41, 5.74) is 13.0. The molecule has 6 rings (SSSR count). The van der Waals surface area contributed by atoms with Gasteiger partial charge in [0.2, 0.25) is 11.8 Å². The number of aliphatic hydroxyl groups excluding tert-OH is 1. The number of hydrogen-bond donors (Lipinski definition) is 4. The highest BCUT2D eigenvalue weighted by molar-refractivity contribution is 8.01. The van der Waals surface area contributed by atoms with E-state index in [0.717, 1.165) is 54.9 Å². The highest BCUT2D eigenvalue weighted by atomic mass is 32.2. The van der Waals surface area contributed by atoms with E-state index in [1.807, 2.05) is 73.7 Å². The van der Waals surface area contributed by atoms with Crippen molar-refractivity contribution >= 4 is 46.3 Å². The van der Waals surface area contributed by atoms with E-state index in [2.05, 4.69) is 39.0 Å². The van der Waals surface area contributed by atoms with Gasteiger partial charge in [-0.1, -0.05) is 114 Å². The van der Waals surface area contributed by atoms with Crippen molar-refractivity contribution in [2.75, 3.05) is 16.8 Å². The summed E-state index contributed by atoms with van der Waals surface area (Å²) in [4.78, 5) is 25.0. The van der Waals surface area contributed by atoms with Crippen molar-refractivity contribution < 1.29 is 24.2 Å². The van der Waals surface area contributed by atoms with Crippen LogP contribution in [0.1, 0.15) is 78.2 Å². The van der Waals surface area contributed by atoms with Crippen LogP contribution in [0.5, 0.6) is 0 Å². The van der Waals surface area contributed by atoms with Gasteiger partial charge in [0.1, 0.15) is 5.01 Å². The van der Waals surface area contributed by atoms with Crippen LogP contribution in [0.25, 0.3) is 11.1 Å². The number of amides is 2. The first kappa shape index (κ1) is 38.1. The fourth-order valence-corrected chi connectivity index (χ4v) is 8.01. The Balaban J connectivity index is 1.02. The molecule has 0 saturated carbocycles. The van der Waals surface area contributed by atoms with Gasteiger partial charge in [-0.3, -0.25) is 9.59 Å². The number of anilines is 2. The fraction of sp³-hybridized carbons (Fsp3) is 0.317. The molecule has 1 fully saturated rings. The molecule has 0 radical (unpaired) electrons. The molecule has 0 spiro atoms. The Kier molecular flexibility index (Phi) is 13.6. The van der Waals surface area contributed by atoms with Crippen molar-refractivity contribution in [2.45, 2.75) is 81.4 Å². The van der Waals surface area contributed by atoms with Gasteiger partial charge in [-0.15, -0.1) is 10.2 Å². The maximum Gasteiger partial charge on any atom is 0.224 e. The van der Waals surface area contributed by atoms with Crippen LogP contribution in [0.4, 0.5) is 11.4 Å². The number of para-hydroxylation sites is 2. The van der Waals surface area contributed by atoms with E-state index >= 15 is 0 Å². The maximum atomic E-state index is 12.7. The van der Waals surface area contributed by atoms with E-state index < -0.39 is 6.29 Å². The summed E-state index contributed by atoms with van der Waals surface area (Å²) in [5.74, 6) is 0.625. The van der Waals surface area contributed by atoms with Crippen LogP contribution in [-0.4, -0.2) is 39.0 Å².